The summed E-state index contributed by atoms with van der Waals surface area (Å²) in [5, 5.41) is 12.6. The van der Waals surface area contributed by atoms with Crippen LogP contribution < -0.4 is 5.32 Å². The molecular formula is C21H24N2O3. The Hall–Kier alpha value is -2.66. The summed E-state index contributed by atoms with van der Waals surface area (Å²) in [7, 11) is 2.09. The van der Waals surface area contributed by atoms with Crippen molar-refractivity contribution >= 4 is 11.7 Å². The van der Waals surface area contributed by atoms with Crippen LogP contribution in [0.15, 0.2) is 48.5 Å². The van der Waals surface area contributed by atoms with E-state index in [4.69, 9.17) is 0 Å². The van der Waals surface area contributed by atoms with Crippen molar-refractivity contribution < 1.29 is 14.7 Å². The summed E-state index contributed by atoms with van der Waals surface area (Å²) in [5.74, 6) is 0.169. The molecule has 1 saturated heterocycles. The second-order valence-electron chi connectivity index (χ2n) is 7.06. The molecule has 1 amide bonds. The van der Waals surface area contributed by atoms with Crippen LogP contribution in [0.2, 0.25) is 0 Å². The molecule has 1 aliphatic rings. The first kappa shape index (κ1) is 18.1. The molecule has 2 unspecified atom stereocenters. The van der Waals surface area contributed by atoms with E-state index in [1.54, 1.807) is 36.4 Å². The molecular weight excluding hydrogens is 328 g/mol. The topological polar surface area (TPSA) is 69.6 Å². The molecule has 2 aromatic rings. The van der Waals surface area contributed by atoms with E-state index in [0.29, 0.717) is 22.6 Å². The third kappa shape index (κ3) is 4.11. The number of aromatic hydroxyl groups is 1. The molecule has 0 aliphatic carbocycles. The van der Waals surface area contributed by atoms with Gasteiger partial charge in [-0.2, -0.15) is 0 Å². The molecule has 0 saturated carbocycles. The van der Waals surface area contributed by atoms with Crippen molar-refractivity contribution in [3.8, 4) is 5.75 Å². The highest BCUT2D eigenvalue weighted by Gasteiger charge is 2.25. The lowest BCUT2D eigenvalue weighted by atomic mass is 9.94. The number of ketones is 1. The summed E-state index contributed by atoms with van der Waals surface area (Å²) in [4.78, 5) is 27.2. The average Bonchev–Trinajstić information content (AvgIpc) is 2.63. The fourth-order valence-corrected chi connectivity index (χ4v) is 3.41. The number of phenolic OH excluding ortho intramolecular Hbond substituents is 1. The van der Waals surface area contributed by atoms with Crippen LogP contribution in [0, 0.1) is 5.92 Å². The van der Waals surface area contributed by atoms with Gasteiger partial charge in [-0.25, -0.2) is 0 Å². The van der Waals surface area contributed by atoms with Crippen molar-refractivity contribution in [2.45, 2.75) is 19.4 Å². The Morgan fingerprint density at radius 1 is 1.08 bits per heavy atom. The smallest absolute Gasteiger partial charge is 0.251 e. The van der Waals surface area contributed by atoms with Crippen LogP contribution in [0.5, 0.6) is 5.75 Å². The number of nitrogens with one attached hydrogen (secondary N) is 1. The van der Waals surface area contributed by atoms with Crippen molar-refractivity contribution in [2.24, 2.45) is 5.92 Å². The summed E-state index contributed by atoms with van der Waals surface area (Å²) in [5.41, 5.74) is 1.45. The van der Waals surface area contributed by atoms with E-state index < -0.39 is 0 Å². The van der Waals surface area contributed by atoms with Gasteiger partial charge in [-0.3, -0.25) is 9.59 Å². The molecule has 5 heteroatoms. The van der Waals surface area contributed by atoms with Crippen molar-refractivity contribution in [3.63, 3.8) is 0 Å². The van der Waals surface area contributed by atoms with Gasteiger partial charge in [0.15, 0.2) is 5.78 Å². The summed E-state index contributed by atoms with van der Waals surface area (Å²) in [6.07, 6.45) is 0.942. The zero-order chi connectivity index (χ0) is 18.7. The highest BCUT2D eigenvalue weighted by Crippen LogP contribution is 2.18. The van der Waals surface area contributed by atoms with E-state index in [0.717, 1.165) is 19.5 Å². The third-order valence-corrected chi connectivity index (χ3v) is 4.94. The van der Waals surface area contributed by atoms with Crippen LogP contribution in [0.3, 0.4) is 0 Å². The van der Waals surface area contributed by atoms with Gasteiger partial charge in [0.25, 0.3) is 5.91 Å². The summed E-state index contributed by atoms with van der Waals surface area (Å²) >= 11 is 0. The maximum absolute atomic E-state index is 12.5. The number of likely N-dealkylation sites (tertiary alicyclic amines) is 1. The molecule has 0 aromatic heterocycles. The predicted octanol–water partition coefficient (Wildman–Crippen LogP) is 2.69. The number of phenols is 1. The first-order valence-electron chi connectivity index (χ1n) is 8.87. The standard InChI is InChI=1S/C21H24N2O3/c1-14-13-23(2)11-10-19(14)22-21(26)16-8-6-15(7-9-16)20(25)17-4-3-5-18(24)12-17/h3-9,12,14,19,24H,10-11,13H2,1-2H3,(H,22,26). The number of carbonyl (C=O) groups excluding carboxylic acids is 2. The molecule has 1 aliphatic heterocycles. The number of benzene rings is 2. The average molecular weight is 352 g/mol. The zero-order valence-corrected chi connectivity index (χ0v) is 15.1. The normalized spacial score (nSPS) is 20.5. The number of rotatable bonds is 4. The lowest BCUT2D eigenvalue weighted by Gasteiger charge is -2.35. The fourth-order valence-electron chi connectivity index (χ4n) is 3.41. The number of hydrogen-bond acceptors (Lipinski definition) is 4. The lowest BCUT2D eigenvalue weighted by Crippen LogP contribution is -2.48. The van der Waals surface area contributed by atoms with E-state index >= 15 is 0 Å². The maximum atomic E-state index is 12.5. The monoisotopic (exact) mass is 352 g/mol. The number of hydrogen-bond donors (Lipinski definition) is 2. The molecule has 26 heavy (non-hydrogen) atoms. The minimum atomic E-state index is -0.184. The third-order valence-electron chi connectivity index (χ3n) is 4.94. The minimum Gasteiger partial charge on any atom is -0.508 e. The van der Waals surface area contributed by atoms with Gasteiger partial charge in [0.1, 0.15) is 5.75 Å². The van der Waals surface area contributed by atoms with Crippen LogP contribution >= 0.6 is 0 Å². The highest BCUT2D eigenvalue weighted by molar-refractivity contribution is 6.09. The van der Waals surface area contributed by atoms with Gasteiger partial charge in [0.2, 0.25) is 0 Å². The van der Waals surface area contributed by atoms with Crippen LogP contribution in [0.4, 0.5) is 0 Å². The maximum Gasteiger partial charge on any atom is 0.251 e. The van der Waals surface area contributed by atoms with E-state index in [2.05, 4.69) is 24.2 Å². The van der Waals surface area contributed by atoms with Crippen molar-refractivity contribution in [1.29, 1.82) is 0 Å². The molecule has 1 fully saturated rings. The molecule has 0 bridgehead atoms. The van der Waals surface area contributed by atoms with Gasteiger partial charge in [-0.05, 0) is 50.2 Å². The largest absolute Gasteiger partial charge is 0.508 e. The van der Waals surface area contributed by atoms with Crippen LogP contribution in [-0.4, -0.2) is 47.9 Å². The van der Waals surface area contributed by atoms with E-state index in [-0.39, 0.29) is 23.5 Å². The summed E-state index contributed by atoms with van der Waals surface area (Å²) in [6.45, 7) is 4.10. The number of carbonyl (C=O) groups is 2. The van der Waals surface area contributed by atoms with Gasteiger partial charge in [0.05, 0.1) is 0 Å². The molecule has 2 atom stereocenters. The molecule has 0 radical (unpaired) electrons. The van der Waals surface area contributed by atoms with Crippen molar-refractivity contribution in [1.82, 2.24) is 10.2 Å². The highest BCUT2D eigenvalue weighted by atomic mass is 16.3. The predicted molar refractivity (Wildman–Crippen MR) is 101 cm³/mol. The van der Waals surface area contributed by atoms with Gasteiger partial charge >= 0.3 is 0 Å². The van der Waals surface area contributed by atoms with E-state index in [1.807, 2.05) is 0 Å². The number of piperidine rings is 1. The van der Waals surface area contributed by atoms with Crippen LogP contribution in [-0.2, 0) is 0 Å². The second kappa shape index (κ2) is 7.70. The van der Waals surface area contributed by atoms with Crippen molar-refractivity contribution in [3.05, 3.63) is 65.2 Å². The van der Waals surface area contributed by atoms with E-state index in [1.165, 1.54) is 12.1 Å². The first-order valence-corrected chi connectivity index (χ1v) is 8.87. The Kier molecular flexibility index (Phi) is 5.38. The summed E-state index contributed by atoms with van der Waals surface area (Å²) < 4.78 is 0. The number of nitrogens with zero attached hydrogens (tertiary/aromatic N) is 1. The van der Waals surface area contributed by atoms with Gasteiger partial charge < -0.3 is 15.3 Å². The Morgan fingerprint density at radius 3 is 2.42 bits per heavy atom. The van der Waals surface area contributed by atoms with Crippen molar-refractivity contribution in [2.75, 3.05) is 20.1 Å². The number of amides is 1. The molecule has 0 spiro atoms. The fraction of sp³-hybridized carbons (Fsp3) is 0.333. The van der Waals surface area contributed by atoms with Crippen LogP contribution in [0.25, 0.3) is 0 Å². The second-order valence-corrected chi connectivity index (χ2v) is 7.06. The van der Waals surface area contributed by atoms with Gasteiger partial charge in [-0.1, -0.05) is 31.2 Å². The Morgan fingerprint density at radius 2 is 1.77 bits per heavy atom. The molecule has 136 valence electrons. The first-order chi connectivity index (χ1) is 12.4. The lowest BCUT2D eigenvalue weighted by molar-refractivity contribution is 0.0883. The molecule has 3 rings (SSSR count). The quantitative estimate of drug-likeness (QED) is 0.830. The van der Waals surface area contributed by atoms with E-state index in [9.17, 15) is 14.7 Å². The summed E-state index contributed by atoms with van der Waals surface area (Å²) in [6, 6.07) is 13.1. The SMILES string of the molecule is CC1CN(C)CCC1NC(=O)c1ccc(C(=O)c2cccc(O)c2)cc1. The zero-order valence-electron chi connectivity index (χ0n) is 15.1. The Balaban J connectivity index is 1.67. The van der Waals surface area contributed by atoms with Gasteiger partial charge in [-0.15, -0.1) is 0 Å². The Labute approximate surface area is 153 Å². The molecule has 5 nitrogen and oxygen atoms in total. The molecule has 2 N–H and O–H groups in total. The van der Waals surface area contributed by atoms with Gasteiger partial charge in [0, 0.05) is 29.3 Å². The molecule has 2 aromatic carbocycles. The molecule has 1 heterocycles. The Bertz CT molecular complexity index is 801. The minimum absolute atomic E-state index is 0.0547. The van der Waals surface area contributed by atoms with Crippen LogP contribution in [0.1, 0.15) is 39.6 Å².